The first kappa shape index (κ1) is 22.2. The SMILES string of the molecule is Cc1ccc(C(=O)C(C)OC(=O)c2cccc(S(=O)(=O)N3CCCCCC3)c2)cc1. The zero-order valence-corrected chi connectivity index (χ0v) is 18.2. The minimum absolute atomic E-state index is 0.0661. The van der Waals surface area contributed by atoms with E-state index in [1.54, 1.807) is 12.1 Å². The number of carbonyl (C=O) groups is 2. The van der Waals surface area contributed by atoms with Crippen LogP contribution in [0.25, 0.3) is 0 Å². The quantitative estimate of drug-likeness (QED) is 0.512. The van der Waals surface area contributed by atoms with Gasteiger partial charge in [0.1, 0.15) is 0 Å². The van der Waals surface area contributed by atoms with E-state index < -0.39 is 22.1 Å². The third kappa shape index (κ3) is 5.15. The molecule has 0 radical (unpaired) electrons. The largest absolute Gasteiger partial charge is 0.451 e. The minimum atomic E-state index is -3.67. The van der Waals surface area contributed by atoms with Gasteiger partial charge in [-0.05, 0) is 44.9 Å². The van der Waals surface area contributed by atoms with Crippen LogP contribution in [0.2, 0.25) is 0 Å². The van der Waals surface area contributed by atoms with Gasteiger partial charge in [0.15, 0.2) is 6.10 Å². The molecule has 160 valence electrons. The maximum Gasteiger partial charge on any atom is 0.338 e. The Morgan fingerprint density at radius 1 is 0.933 bits per heavy atom. The highest BCUT2D eigenvalue weighted by molar-refractivity contribution is 7.89. The first-order valence-corrected chi connectivity index (χ1v) is 11.6. The van der Waals surface area contributed by atoms with Gasteiger partial charge in [0.05, 0.1) is 10.5 Å². The summed E-state index contributed by atoms with van der Waals surface area (Å²) in [5.74, 6) is -1.03. The monoisotopic (exact) mass is 429 g/mol. The molecule has 0 spiro atoms. The van der Waals surface area contributed by atoms with E-state index in [2.05, 4.69) is 0 Å². The Morgan fingerprint density at radius 2 is 1.57 bits per heavy atom. The van der Waals surface area contributed by atoms with Gasteiger partial charge in [-0.1, -0.05) is 48.7 Å². The van der Waals surface area contributed by atoms with E-state index in [9.17, 15) is 18.0 Å². The highest BCUT2D eigenvalue weighted by Crippen LogP contribution is 2.22. The molecule has 0 aromatic heterocycles. The topological polar surface area (TPSA) is 80.8 Å². The van der Waals surface area contributed by atoms with Gasteiger partial charge in [0.2, 0.25) is 15.8 Å². The first-order chi connectivity index (χ1) is 14.3. The second-order valence-electron chi connectivity index (χ2n) is 7.62. The third-order valence-corrected chi connectivity index (χ3v) is 7.16. The van der Waals surface area contributed by atoms with Crippen LogP contribution in [0.4, 0.5) is 0 Å². The molecular formula is C23H27NO5S. The average molecular weight is 430 g/mol. The molecule has 2 aromatic rings. The van der Waals surface area contributed by atoms with Crippen molar-refractivity contribution < 1.29 is 22.7 Å². The molecule has 30 heavy (non-hydrogen) atoms. The number of carbonyl (C=O) groups excluding carboxylic acids is 2. The van der Waals surface area contributed by atoms with Crippen molar-refractivity contribution in [3.63, 3.8) is 0 Å². The summed E-state index contributed by atoms with van der Waals surface area (Å²) in [5.41, 5.74) is 1.59. The summed E-state index contributed by atoms with van der Waals surface area (Å²) >= 11 is 0. The predicted molar refractivity (Wildman–Crippen MR) is 114 cm³/mol. The van der Waals surface area contributed by atoms with Crippen molar-refractivity contribution in [2.45, 2.75) is 50.5 Å². The molecule has 0 aliphatic carbocycles. The van der Waals surface area contributed by atoms with Crippen molar-refractivity contribution in [1.82, 2.24) is 4.31 Å². The molecule has 1 atom stereocenters. The van der Waals surface area contributed by atoms with Crippen LogP contribution in [0.15, 0.2) is 53.4 Å². The second-order valence-corrected chi connectivity index (χ2v) is 9.56. The molecule has 1 saturated heterocycles. The van der Waals surface area contributed by atoms with Gasteiger partial charge in [-0.3, -0.25) is 4.79 Å². The number of ether oxygens (including phenoxy) is 1. The molecule has 2 aromatic carbocycles. The fraction of sp³-hybridized carbons (Fsp3) is 0.391. The number of hydrogen-bond acceptors (Lipinski definition) is 5. The van der Waals surface area contributed by atoms with Crippen molar-refractivity contribution in [3.8, 4) is 0 Å². The molecule has 0 bridgehead atoms. The number of sulfonamides is 1. The minimum Gasteiger partial charge on any atom is -0.451 e. The first-order valence-electron chi connectivity index (χ1n) is 10.2. The Labute approximate surface area is 177 Å². The number of ketones is 1. The van der Waals surface area contributed by atoms with Gasteiger partial charge in [-0.15, -0.1) is 0 Å². The maximum absolute atomic E-state index is 13.0. The van der Waals surface area contributed by atoms with Gasteiger partial charge in [-0.25, -0.2) is 13.2 Å². The molecule has 0 amide bonds. The lowest BCUT2D eigenvalue weighted by Gasteiger charge is -2.20. The summed E-state index contributed by atoms with van der Waals surface area (Å²) in [4.78, 5) is 25.1. The van der Waals surface area contributed by atoms with Crippen molar-refractivity contribution in [1.29, 1.82) is 0 Å². The van der Waals surface area contributed by atoms with E-state index >= 15 is 0 Å². The average Bonchev–Trinajstić information content (AvgIpc) is 3.04. The van der Waals surface area contributed by atoms with Gasteiger partial charge in [0, 0.05) is 18.7 Å². The molecule has 1 aliphatic heterocycles. The van der Waals surface area contributed by atoms with E-state index in [1.807, 2.05) is 19.1 Å². The van der Waals surface area contributed by atoms with Gasteiger partial charge in [0.25, 0.3) is 0 Å². The smallest absolute Gasteiger partial charge is 0.338 e. The van der Waals surface area contributed by atoms with Crippen LogP contribution in [0, 0.1) is 6.92 Å². The zero-order valence-electron chi connectivity index (χ0n) is 17.3. The Balaban J connectivity index is 1.74. The Hall–Kier alpha value is -2.51. The van der Waals surface area contributed by atoms with Crippen molar-refractivity contribution in [2.75, 3.05) is 13.1 Å². The summed E-state index contributed by atoms with van der Waals surface area (Å²) in [6.45, 7) is 4.40. The molecule has 1 heterocycles. The summed E-state index contributed by atoms with van der Waals surface area (Å²) in [5, 5.41) is 0. The van der Waals surface area contributed by atoms with Gasteiger partial charge >= 0.3 is 5.97 Å². The van der Waals surface area contributed by atoms with E-state index in [0.29, 0.717) is 18.7 Å². The van der Waals surface area contributed by atoms with Crippen LogP contribution in [0.1, 0.15) is 58.9 Å². The second kappa shape index (κ2) is 9.53. The van der Waals surface area contributed by atoms with Crippen LogP contribution in [-0.2, 0) is 14.8 Å². The lowest BCUT2D eigenvalue weighted by molar-refractivity contribution is 0.0318. The normalized spacial score (nSPS) is 16.5. The molecule has 3 rings (SSSR count). The van der Waals surface area contributed by atoms with Gasteiger partial charge < -0.3 is 4.74 Å². The van der Waals surface area contributed by atoms with Crippen molar-refractivity contribution in [2.24, 2.45) is 0 Å². The lowest BCUT2D eigenvalue weighted by Crippen LogP contribution is -2.32. The molecule has 1 unspecified atom stereocenters. The van der Waals surface area contributed by atoms with Crippen LogP contribution in [0.3, 0.4) is 0 Å². The van der Waals surface area contributed by atoms with Crippen LogP contribution in [0.5, 0.6) is 0 Å². The summed E-state index contributed by atoms with van der Waals surface area (Å²) < 4.78 is 32.8. The fourth-order valence-electron chi connectivity index (χ4n) is 3.45. The van der Waals surface area contributed by atoms with Crippen molar-refractivity contribution >= 4 is 21.8 Å². The van der Waals surface area contributed by atoms with Crippen molar-refractivity contribution in [3.05, 3.63) is 65.2 Å². The molecule has 1 fully saturated rings. The number of Topliss-reactive ketones (excluding diaryl/α,β-unsaturated/α-hetero) is 1. The molecule has 6 nitrogen and oxygen atoms in total. The Morgan fingerprint density at radius 3 is 2.20 bits per heavy atom. The Bertz CT molecular complexity index is 1010. The number of aryl methyl sites for hydroxylation is 1. The summed E-state index contributed by atoms with van der Waals surface area (Å²) in [7, 11) is -3.67. The maximum atomic E-state index is 13.0. The molecule has 0 N–H and O–H groups in total. The van der Waals surface area contributed by atoms with E-state index in [0.717, 1.165) is 31.2 Å². The highest BCUT2D eigenvalue weighted by atomic mass is 32.2. The molecule has 1 aliphatic rings. The molecule has 7 heteroatoms. The summed E-state index contributed by atoms with van der Waals surface area (Å²) in [6.07, 6.45) is 2.72. The Kier molecular flexibility index (Phi) is 7.05. The van der Waals surface area contributed by atoms with E-state index in [1.165, 1.54) is 35.5 Å². The highest BCUT2D eigenvalue weighted by Gasteiger charge is 2.27. The predicted octanol–water partition coefficient (Wildman–Crippen LogP) is 3.99. The van der Waals surface area contributed by atoms with E-state index in [4.69, 9.17) is 4.74 Å². The number of benzene rings is 2. The van der Waals surface area contributed by atoms with Gasteiger partial charge in [-0.2, -0.15) is 4.31 Å². The zero-order chi connectivity index (χ0) is 21.7. The number of rotatable bonds is 6. The fourth-order valence-corrected chi connectivity index (χ4v) is 5.01. The molecular weight excluding hydrogens is 402 g/mol. The van der Waals surface area contributed by atoms with Crippen LogP contribution >= 0.6 is 0 Å². The molecule has 0 saturated carbocycles. The number of nitrogens with zero attached hydrogens (tertiary/aromatic N) is 1. The van der Waals surface area contributed by atoms with E-state index in [-0.39, 0.29) is 16.2 Å². The number of hydrogen-bond donors (Lipinski definition) is 0. The standard InChI is InChI=1S/C23H27NO5S/c1-17-10-12-19(13-11-17)22(25)18(2)29-23(26)20-8-7-9-21(16-20)30(27,28)24-14-5-3-4-6-15-24/h7-13,16,18H,3-6,14-15H2,1-2H3. The van der Waals surface area contributed by atoms with Crippen LogP contribution in [-0.4, -0.2) is 43.7 Å². The number of esters is 1. The lowest BCUT2D eigenvalue weighted by atomic mass is 10.1. The van der Waals surface area contributed by atoms with Crippen LogP contribution < -0.4 is 0 Å². The third-order valence-electron chi connectivity index (χ3n) is 5.26. The summed E-state index contributed by atoms with van der Waals surface area (Å²) in [6, 6.07) is 12.8.